The van der Waals surface area contributed by atoms with E-state index >= 15 is 0 Å². The van der Waals surface area contributed by atoms with Crippen molar-refractivity contribution in [3.05, 3.63) is 64.0 Å². The van der Waals surface area contributed by atoms with Crippen LogP contribution in [0.3, 0.4) is 0 Å². The molecule has 6 rings (SSSR count). The van der Waals surface area contributed by atoms with Crippen LogP contribution in [0.5, 0.6) is 0 Å². The first kappa shape index (κ1) is 26.4. The lowest BCUT2D eigenvalue weighted by Crippen LogP contribution is -2.62. The second-order valence-corrected chi connectivity index (χ2v) is 12.4. The number of piperidine rings is 1. The molecule has 0 radical (unpaired) electrons. The lowest BCUT2D eigenvalue weighted by molar-refractivity contribution is -0.143. The fourth-order valence-electron chi connectivity index (χ4n) is 5.59. The zero-order valence-corrected chi connectivity index (χ0v) is 22.6. The van der Waals surface area contributed by atoms with Crippen LogP contribution in [0.15, 0.2) is 53.4 Å². The Morgan fingerprint density at radius 3 is 2.59 bits per heavy atom. The highest BCUT2D eigenvalue weighted by molar-refractivity contribution is 7.97. The minimum atomic E-state index is -4.49. The Hall–Kier alpha value is -2.80. The summed E-state index contributed by atoms with van der Waals surface area (Å²) in [5, 5.41) is 3.86. The number of hydrogen-bond donors (Lipinski definition) is 2. The van der Waals surface area contributed by atoms with Crippen LogP contribution in [0.2, 0.25) is 5.02 Å². The lowest BCUT2D eigenvalue weighted by Gasteiger charge is -2.46. The number of fused-ring (bicyclic) bond motifs is 1. The number of hydrogen-bond acceptors (Lipinski definition) is 6. The lowest BCUT2D eigenvalue weighted by atomic mass is 9.86. The van der Waals surface area contributed by atoms with Crippen molar-refractivity contribution in [1.29, 1.82) is 0 Å². The average Bonchev–Trinajstić information content (AvgIpc) is 3.40. The maximum atomic E-state index is 13.0. The first-order valence-electron chi connectivity index (χ1n) is 12.2. The smallest absolute Gasteiger partial charge is 0.342 e. The van der Waals surface area contributed by atoms with Crippen molar-refractivity contribution in [3.63, 3.8) is 0 Å². The molecule has 3 atom stereocenters. The highest BCUT2D eigenvalue weighted by atomic mass is 35.5. The van der Waals surface area contributed by atoms with Crippen LogP contribution in [0.4, 0.5) is 13.2 Å². The number of amides is 3. The van der Waals surface area contributed by atoms with E-state index in [9.17, 15) is 27.6 Å². The van der Waals surface area contributed by atoms with Gasteiger partial charge in [0.15, 0.2) is 0 Å². The van der Waals surface area contributed by atoms with Crippen LogP contribution < -0.4 is 10.0 Å². The Morgan fingerprint density at radius 2 is 1.82 bits per heavy atom. The van der Waals surface area contributed by atoms with Crippen molar-refractivity contribution in [2.24, 2.45) is 5.41 Å². The summed E-state index contributed by atoms with van der Waals surface area (Å²) < 4.78 is 42.8. The van der Waals surface area contributed by atoms with Crippen molar-refractivity contribution < 1.29 is 27.6 Å². The van der Waals surface area contributed by atoms with E-state index in [2.05, 4.69) is 10.0 Å². The molecule has 3 amide bonds. The fraction of sp³-hybridized carbons (Fsp3) is 0.346. The van der Waals surface area contributed by atoms with Gasteiger partial charge in [-0.1, -0.05) is 29.8 Å². The quantitative estimate of drug-likeness (QED) is 0.396. The zero-order chi connectivity index (χ0) is 27.5. The van der Waals surface area contributed by atoms with Crippen molar-refractivity contribution >= 4 is 62.7 Å². The molecule has 1 spiro atoms. The van der Waals surface area contributed by atoms with E-state index in [4.69, 9.17) is 11.6 Å². The first-order valence-corrected chi connectivity index (χ1v) is 14.2. The van der Waals surface area contributed by atoms with Crippen LogP contribution in [0.25, 0.3) is 10.1 Å². The third kappa shape index (κ3) is 4.77. The SMILES string of the molecule is O=C(NCC(=O)N1C[C@@H]2N(C(=O)CNSc3cc(C(F)(F)F)ccc3Cl)CC23CC13)c1cc2ccccc2s1. The van der Waals surface area contributed by atoms with Gasteiger partial charge in [0.25, 0.3) is 5.91 Å². The fourth-order valence-corrected chi connectivity index (χ4v) is 7.50. The molecule has 3 fully saturated rings. The number of benzene rings is 2. The summed E-state index contributed by atoms with van der Waals surface area (Å²) in [4.78, 5) is 42.6. The highest BCUT2D eigenvalue weighted by Crippen LogP contribution is 2.64. The summed E-state index contributed by atoms with van der Waals surface area (Å²) in [5.41, 5.74) is -0.902. The van der Waals surface area contributed by atoms with Crippen molar-refractivity contribution in [2.45, 2.75) is 29.6 Å². The van der Waals surface area contributed by atoms with E-state index < -0.39 is 11.7 Å². The number of thiophene rings is 1. The molecular weight excluding hydrogens is 573 g/mol. The summed E-state index contributed by atoms with van der Waals surface area (Å²) >= 11 is 8.26. The molecule has 1 saturated carbocycles. The normalized spacial score (nSPS) is 23.3. The molecule has 2 unspecified atom stereocenters. The summed E-state index contributed by atoms with van der Waals surface area (Å²) in [6.07, 6.45) is -3.67. The molecule has 3 heterocycles. The van der Waals surface area contributed by atoms with E-state index in [-0.39, 0.29) is 58.2 Å². The van der Waals surface area contributed by atoms with E-state index in [0.29, 0.717) is 18.0 Å². The summed E-state index contributed by atoms with van der Waals surface area (Å²) in [7, 11) is 0. The van der Waals surface area contributed by atoms with Crippen molar-refractivity contribution in [2.75, 3.05) is 26.2 Å². The zero-order valence-electron chi connectivity index (χ0n) is 20.3. The monoisotopic (exact) mass is 594 g/mol. The van der Waals surface area contributed by atoms with Crippen LogP contribution in [-0.4, -0.2) is 65.8 Å². The number of likely N-dealkylation sites (tertiary alicyclic amines) is 2. The number of nitrogens with zero attached hydrogens (tertiary/aromatic N) is 2. The molecular formula is C26H22ClF3N4O3S2. The maximum absolute atomic E-state index is 13.0. The second-order valence-electron chi connectivity index (χ2n) is 9.93. The minimum Gasteiger partial charge on any atom is -0.342 e. The Labute approximate surface area is 234 Å². The molecule has 1 aliphatic carbocycles. The molecule has 2 N–H and O–H groups in total. The Kier molecular flexibility index (Phi) is 6.56. The topological polar surface area (TPSA) is 81.8 Å². The predicted molar refractivity (Wildman–Crippen MR) is 143 cm³/mol. The second kappa shape index (κ2) is 9.69. The molecule has 7 nitrogen and oxygen atoms in total. The maximum Gasteiger partial charge on any atom is 0.416 e. The number of carbonyl (C=O) groups is 3. The number of halogens is 4. The van der Waals surface area contributed by atoms with Gasteiger partial charge in [-0.3, -0.25) is 19.1 Å². The number of alkyl halides is 3. The molecule has 204 valence electrons. The van der Waals surface area contributed by atoms with Crippen LogP contribution in [0, 0.1) is 5.41 Å². The molecule has 39 heavy (non-hydrogen) atoms. The third-order valence-electron chi connectivity index (χ3n) is 7.68. The van der Waals surface area contributed by atoms with E-state index in [1.165, 1.54) is 17.4 Å². The molecule has 2 aliphatic heterocycles. The highest BCUT2D eigenvalue weighted by Gasteiger charge is 2.75. The van der Waals surface area contributed by atoms with Gasteiger partial charge in [0, 0.05) is 34.1 Å². The molecule has 3 aromatic rings. The van der Waals surface area contributed by atoms with Gasteiger partial charge >= 0.3 is 6.18 Å². The number of rotatable bonds is 7. The third-order valence-corrected chi connectivity index (χ3v) is 10.1. The summed E-state index contributed by atoms with van der Waals surface area (Å²) in [5.74, 6) is -0.668. The molecule has 1 aromatic heterocycles. The summed E-state index contributed by atoms with van der Waals surface area (Å²) in [6.45, 7) is 0.736. The number of carbonyl (C=O) groups excluding carboxylic acids is 3. The van der Waals surface area contributed by atoms with Gasteiger partial charge in [-0.25, -0.2) is 0 Å². The van der Waals surface area contributed by atoms with Gasteiger partial charge in [-0.05, 0) is 54.1 Å². The van der Waals surface area contributed by atoms with Gasteiger partial charge in [-0.2, -0.15) is 13.2 Å². The van der Waals surface area contributed by atoms with E-state index in [1.807, 2.05) is 30.3 Å². The van der Waals surface area contributed by atoms with Crippen molar-refractivity contribution in [3.8, 4) is 0 Å². The Balaban J connectivity index is 0.998. The molecule has 13 heteroatoms. The van der Waals surface area contributed by atoms with Crippen LogP contribution >= 0.6 is 34.9 Å². The number of nitrogens with one attached hydrogen (secondary N) is 2. The average molecular weight is 595 g/mol. The van der Waals surface area contributed by atoms with E-state index in [1.54, 1.807) is 9.80 Å². The van der Waals surface area contributed by atoms with Crippen LogP contribution in [-0.2, 0) is 15.8 Å². The van der Waals surface area contributed by atoms with Gasteiger partial charge in [0.2, 0.25) is 11.8 Å². The Bertz CT molecular complexity index is 1470. The predicted octanol–water partition coefficient (Wildman–Crippen LogP) is 4.41. The van der Waals surface area contributed by atoms with Gasteiger partial charge in [-0.15, -0.1) is 11.3 Å². The standard InChI is InChI=1S/C26H22ClF3N4O3S2/c27-16-6-5-15(26(28,29)30)8-18(16)39-32-11-23(36)34-13-25-9-20(25)33(12-21(25)34)22(35)10-31-24(37)19-7-14-3-1-2-4-17(14)38-19/h1-8,20-21,32H,9-13H2,(H,31,37)/t20?,21-,25?/m0/s1. The van der Waals surface area contributed by atoms with Gasteiger partial charge < -0.3 is 15.1 Å². The van der Waals surface area contributed by atoms with E-state index in [0.717, 1.165) is 40.6 Å². The molecule has 2 aromatic carbocycles. The molecule has 0 bridgehead atoms. The van der Waals surface area contributed by atoms with Crippen LogP contribution in [0.1, 0.15) is 21.7 Å². The largest absolute Gasteiger partial charge is 0.416 e. The first-order chi connectivity index (χ1) is 18.6. The van der Waals surface area contributed by atoms with Gasteiger partial charge in [0.05, 0.1) is 34.6 Å². The Morgan fingerprint density at radius 1 is 1.05 bits per heavy atom. The molecule has 3 aliphatic rings. The van der Waals surface area contributed by atoms with Gasteiger partial charge in [0.1, 0.15) is 0 Å². The van der Waals surface area contributed by atoms with Crippen molar-refractivity contribution in [1.82, 2.24) is 19.8 Å². The minimum absolute atomic E-state index is 0.0616. The summed E-state index contributed by atoms with van der Waals surface area (Å²) in [6, 6.07) is 12.5. The molecule has 2 saturated heterocycles.